The molecule has 2 atom stereocenters. The number of aromatic nitrogens is 2. The van der Waals surface area contributed by atoms with Gasteiger partial charge in [-0.05, 0) is 47.1 Å². The van der Waals surface area contributed by atoms with Crippen molar-refractivity contribution in [2.45, 2.75) is 64.4 Å². The first-order valence-electron chi connectivity index (χ1n) is 12.1. The second-order valence-electron chi connectivity index (χ2n) is 10.5. The number of carbonyl (C=O) groups is 2. The number of rotatable bonds is 10. The SMILES string of the molecule is CCOC(=O)C(Cn1cc([N+](=O)[O-])nc1Br)c1ccc(N2C[C@H](CO[Si](C)(C)C(C)(C)C)OC2=O)cc1F. The molecule has 1 saturated heterocycles. The first-order valence-corrected chi connectivity index (χ1v) is 15.8. The van der Waals surface area contributed by atoms with Crippen molar-refractivity contribution < 1.29 is 32.8 Å². The van der Waals surface area contributed by atoms with Crippen LogP contribution in [-0.4, -0.2) is 60.7 Å². The molecule has 0 spiro atoms. The smallest absolute Gasteiger partial charge is 0.414 e. The van der Waals surface area contributed by atoms with Gasteiger partial charge in [0.2, 0.25) is 0 Å². The Labute approximate surface area is 229 Å². The van der Waals surface area contributed by atoms with E-state index in [1.165, 1.54) is 21.6 Å². The summed E-state index contributed by atoms with van der Waals surface area (Å²) in [6, 6.07) is 4.08. The number of carbonyl (C=O) groups excluding carboxylic acids is 2. The van der Waals surface area contributed by atoms with Gasteiger partial charge in [0.15, 0.2) is 8.32 Å². The number of nitrogens with zero attached hydrogens (tertiary/aromatic N) is 4. The third kappa shape index (κ3) is 6.59. The molecule has 0 aliphatic carbocycles. The molecule has 0 radical (unpaired) electrons. The number of amides is 1. The highest BCUT2D eigenvalue weighted by atomic mass is 79.9. The Morgan fingerprint density at radius 2 is 2.08 bits per heavy atom. The third-order valence-corrected chi connectivity index (χ3v) is 12.0. The van der Waals surface area contributed by atoms with Crippen LogP contribution in [0.1, 0.15) is 39.2 Å². The largest absolute Gasteiger partial charge is 0.465 e. The van der Waals surface area contributed by atoms with Crippen molar-refractivity contribution in [3.05, 3.63) is 50.6 Å². The molecular weight excluding hydrogens is 583 g/mol. The zero-order valence-electron chi connectivity index (χ0n) is 22.2. The Morgan fingerprint density at radius 3 is 2.63 bits per heavy atom. The number of benzene rings is 1. The summed E-state index contributed by atoms with van der Waals surface area (Å²) in [7, 11) is -2.04. The molecule has 1 aromatic heterocycles. The molecule has 1 fully saturated rings. The van der Waals surface area contributed by atoms with Gasteiger partial charge >= 0.3 is 17.9 Å². The number of hydrogen-bond donors (Lipinski definition) is 0. The van der Waals surface area contributed by atoms with Crippen molar-refractivity contribution in [2.24, 2.45) is 0 Å². The molecule has 11 nitrogen and oxygen atoms in total. The van der Waals surface area contributed by atoms with Crippen LogP contribution in [0.25, 0.3) is 0 Å². The van der Waals surface area contributed by atoms with Gasteiger partial charge in [-0.15, -0.1) is 0 Å². The highest BCUT2D eigenvalue weighted by molar-refractivity contribution is 9.10. The van der Waals surface area contributed by atoms with Crippen LogP contribution in [0.2, 0.25) is 18.1 Å². The molecule has 1 aromatic carbocycles. The average molecular weight is 616 g/mol. The van der Waals surface area contributed by atoms with Gasteiger partial charge in [-0.2, -0.15) is 0 Å². The summed E-state index contributed by atoms with van der Waals surface area (Å²) in [6.07, 6.45) is 0.0353. The van der Waals surface area contributed by atoms with Crippen LogP contribution in [0.15, 0.2) is 29.1 Å². The van der Waals surface area contributed by atoms with Crippen molar-refractivity contribution in [3.63, 3.8) is 0 Å². The molecule has 2 aromatic rings. The van der Waals surface area contributed by atoms with Gasteiger partial charge in [0.1, 0.15) is 24.0 Å². The van der Waals surface area contributed by atoms with Crippen molar-refractivity contribution >= 4 is 47.8 Å². The molecule has 2 heterocycles. The minimum Gasteiger partial charge on any atom is -0.465 e. The summed E-state index contributed by atoms with van der Waals surface area (Å²) in [4.78, 5) is 40.8. The topological polar surface area (TPSA) is 126 Å². The molecule has 208 valence electrons. The van der Waals surface area contributed by atoms with E-state index in [4.69, 9.17) is 13.9 Å². The fraction of sp³-hybridized carbons (Fsp3) is 0.542. The number of imidazole rings is 1. The maximum atomic E-state index is 15.4. The Kier molecular flexibility index (Phi) is 8.99. The quantitative estimate of drug-likeness (QED) is 0.151. The van der Waals surface area contributed by atoms with E-state index in [0.717, 1.165) is 12.3 Å². The lowest BCUT2D eigenvalue weighted by molar-refractivity contribution is -0.389. The van der Waals surface area contributed by atoms with Crippen LogP contribution in [0.3, 0.4) is 0 Å². The molecule has 3 rings (SSSR count). The molecule has 1 amide bonds. The van der Waals surface area contributed by atoms with E-state index < -0.39 is 49.0 Å². The number of cyclic esters (lactones) is 1. The van der Waals surface area contributed by atoms with Crippen LogP contribution in [0.5, 0.6) is 0 Å². The van der Waals surface area contributed by atoms with Crippen molar-refractivity contribution in [1.29, 1.82) is 0 Å². The lowest BCUT2D eigenvalue weighted by atomic mass is 9.97. The van der Waals surface area contributed by atoms with Gasteiger partial charge in [-0.25, -0.2) is 9.18 Å². The van der Waals surface area contributed by atoms with Gasteiger partial charge in [-0.1, -0.05) is 26.8 Å². The summed E-state index contributed by atoms with van der Waals surface area (Å²) in [5.41, 5.74) is 0.286. The van der Waals surface area contributed by atoms with E-state index in [1.807, 2.05) is 0 Å². The molecule has 0 saturated carbocycles. The van der Waals surface area contributed by atoms with Gasteiger partial charge < -0.3 is 24.0 Å². The standard InChI is InChI=1S/C24H32BrFN4O7Si/c1-7-35-21(31)18(12-28-13-20(30(33)34)27-22(28)25)17-9-8-15(10-19(17)26)29-11-16(37-23(29)32)14-36-38(5,6)24(2,3)4/h8-10,13,16,18H,7,11-12,14H2,1-6H3/t16-,18?/m1/s1. The average Bonchev–Trinajstić information content (AvgIpc) is 3.38. The summed E-state index contributed by atoms with van der Waals surface area (Å²) >= 11 is 3.13. The van der Waals surface area contributed by atoms with Crippen molar-refractivity contribution in [3.8, 4) is 0 Å². The molecule has 1 aliphatic heterocycles. The number of halogens is 2. The van der Waals surface area contributed by atoms with Crippen LogP contribution >= 0.6 is 15.9 Å². The molecule has 1 aliphatic rings. The second-order valence-corrected chi connectivity index (χ2v) is 16.0. The number of nitro groups is 1. The van der Waals surface area contributed by atoms with E-state index >= 15 is 4.39 Å². The Morgan fingerprint density at radius 1 is 1.39 bits per heavy atom. The van der Waals surface area contributed by atoms with Crippen molar-refractivity contribution in [2.75, 3.05) is 24.7 Å². The maximum Gasteiger partial charge on any atom is 0.414 e. The van der Waals surface area contributed by atoms with Gasteiger partial charge in [-0.3, -0.25) is 14.3 Å². The zero-order valence-corrected chi connectivity index (χ0v) is 24.8. The number of hydrogen-bond acceptors (Lipinski definition) is 8. The highest BCUT2D eigenvalue weighted by Gasteiger charge is 2.40. The molecule has 0 bridgehead atoms. The Hall–Kier alpha value is -2.84. The first-order chi connectivity index (χ1) is 17.6. The van der Waals surface area contributed by atoms with Gasteiger partial charge in [0.05, 0.1) is 25.4 Å². The fourth-order valence-electron chi connectivity index (χ4n) is 3.64. The number of anilines is 1. The highest BCUT2D eigenvalue weighted by Crippen LogP contribution is 2.37. The summed E-state index contributed by atoms with van der Waals surface area (Å²) in [5, 5.41) is 11.1. The number of ether oxygens (including phenoxy) is 2. The zero-order chi connectivity index (χ0) is 28.4. The van der Waals surface area contributed by atoms with Crippen molar-refractivity contribution in [1.82, 2.24) is 9.55 Å². The lowest BCUT2D eigenvalue weighted by Crippen LogP contribution is -2.43. The number of esters is 1. The van der Waals surface area contributed by atoms with Crippen LogP contribution in [0.4, 0.5) is 20.7 Å². The van der Waals surface area contributed by atoms with Crippen LogP contribution in [-0.2, 0) is 25.2 Å². The minimum absolute atomic E-state index is 0.000938. The lowest BCUT2D eigenvalue weighted by Gasteiger charge is -2.36. The third-order valence-electron chi connectivity index (χ3n) is 6.83. The molecule has 1 unspecified atom stereocenters. The van der Waals surface area contributed by atoms with Crippen LogP contribution < -0.4 is 4.90 Å². The van der Waals surface area contributed by atoms with Gasteiger partial charge in [0, 0.05) is 28.0 Å². The monoisotopic (exact) mass is 614 g/mol. The summed E-state index contributed by atoms with van der Waals surface area (Å²) < 4.78 is 33.6. The van der Waals surface area contributed by atoms with E-state index in [-0.39, 0.29) is 47.3 Å². The van der Waals surface area contributed by atoms with E-state index in [1.54, 1.807) is 6.92 Å². The van der Waals surface area contributed by atoms with Gasteiger partial charge in [0.25, 0.3) is 4.73 Å². The maximum absolute atomic E-state index is 15.4. The molecule has 14 heteroatoms. The molecule has 38 heavy (non-hydrogen) atoms. The van der Waals surface area contributed by atoms with E-state index in [9.17, 15) is 19.7 Å². The Balaban J connectivity index is 1.80. The van der Waals surface area contributed by atoms with E-state index in [2.05, 4.69) is 54.8 Å². The first kappa shape index (κ1) is 29.7. The predicted octanol–water partition coefficient (Wildman–Crippen LogP) is 5.39. The fourth-order valence-corrected chi connectivity index (χ4v) is 5.10. The second kappa shape index (κ2) is 11.5. The molecular formula is C24H32BrFN4O7Si. The predicted molar refractivity (Wildman–Crippen MR) is 143 cm³/mol. The van der Waals surface area contributed by atoms with E-state index in [0.29, 0.717) is 0 Å². The summed E-state index contributed by atoms with van der Waals surface area (Å²) in [6.45, 7) is 12.5. The minimum atomic E-state index is -2.04. The summed E-state index contributed by atoms with van der Waals surface area (Å²) in [5.74, 6) is -2.98. The molecule has 0 N–H and O–H groups in total. The van der Waals surface area contributed by atoms with Crippen LogP contribution in [0, 0.1) is 15.9 Å². The Bertz CT molecular complexity index is 1220. The normalized spacial score (nSPS) is 16.9.